The molecule has 272 valence electrons. The van der Waals surface area contributed by atoms with Gasteiger partial charge in [-0.1, -0.05) is 74.3 Å². The van der Waals surface area contributed by atoms with Crippen LogP contribution in [0, 0.1) is 16.7 Å². The molecule has 15 heteroatoms. The fourth-order valence-electron chi connectivity index (χ4n) is 5.76. The summed E-state index contributed by atoms with van der Waals surface area (Å²) < 4.78 is 29.2. The van der Waals surface area contributed by atoms with E-state index in [-0.39, 0.29) is 49.3 Å². The van der Waals surface area contributed by atoms with Crippen molar-refractivity contribution in [3.63, 3.8) is 0 Å². The molecular weight excluding hydrogens is 679 g/mol. The summed E-state index contributed by atoms with van der Waals surface area (Å²) in [6, 6.07) is 13.1. The monoisotopic (exact) mass is 727 g/mol. The number of aromatic nitrogens is 1. The standard InChI is InChI=1S/C35H49N7O6S2/c1-4-24(2)33(40-35(45)41(3)21-28-23-49-32(18-36)38-28)34(44)39-30(17-25-9-6-5-7-10-25)31(43)22-42(20-27-11-8-12-27)50(47,48)29-15-13-26(14-16-29)19-37-46/h5-7,9-10,13-16,23-24,27,30-31,33,43H,4,8,11-12,17-22,36H2,1-3H3,(H,39,44)(H,40,45)/t24-,30-,31+,33-/m0/s1. The maximum atomic E-state index is 14.0. The number of nitrogens with one attached hydrogen (secondary N) is 2. The highest BCUT2D eigenvalue weighted by atomic mass is 32.2. The van der Waals surface area contributed by atoms with E-state index >= 15 is 0 Å². The second-order valence-electron chi connectivity index (χ2n) is 13.0. The molecule has 4 atom stereocenters. The SMILES string of the molecule is CC[C@H](C)[C@H](NC(=O)N(C)Cc1csc(CN)n1)C(=O)N[C@@H](Cc1ccccc1)[C@H](O)CN(CC1CCC1)S(=O)(=O)c1ccc(CN=O)cc1. The van der Waals surface area contributed by atoms with E-state index in [1.807, 2.05) is 49.6 Å². The molecule has 50 heavy (non-hydrogen) atoms. The van der Waals surface area contributed by atoms with Gasteiger partial charge in [0.25, 0.3) is 0 Å². The molecule has 1 heterocycles. The van der Waals surface area contributed by atoms with Gasteiger partial charge in [-0.2, -0.15) is 9.21 Å². The Morgan fingerprint density at radius 2 is 1.80 bits per heavy atom. The van der Waals surface area contributed by atoms with E-state index < -0.39 is 40.1 Å². The highest BCUT2D eigenvalue weighted by Gasteiger charge is 2.35. The first-order valence-corrected chi connectivity index (χ1v) is 19.3. The molecule has 1 aliphatic carbocycles. The second-order valence-corrected chi connectivity index (χ2v) is 15.9. The van der Waals surface area contributed by atoms with Crippen LogP contribution in [0.4, 0.5) is 4.79 Å². The third-order valence-electron chi connectivity index (χ3n) is 9.27. The Labute approximate surface area is 298 Å². The summed E-state index contributed by atoms with van der Waals surface area (Å²) >= 11 is 1.42. The van der Waals surface area contributed by atoms with E-state index in [1.54, 1.807) is 19.2 Å². The Morgan fingerprint density at radius 1 is 1.10 bits per heavy atom. The van der Waals surface area contributed by atoms with Gasteiger partial charge >= 0.3 is 6.03 Å². The molecule has 0 aliphatic heterocycles. The van der Waals surface area contributed by atoms with Crippen molar-refractivity contribution in [3.8, 4) is 0 Å². The third-order valence-corrected chi connectivity index (χ3v) is 12.0. The predicted molar refractivity (Wildman–Crippen MR) is 193 cm³/mol. The molecule has 1 aliphatic rings. The number of carbonyl (C=O) groups is 2. The molecule has 0 unspecified atom stereocenters. The van der Waals surface area contributed by atoms with Crippen LogP contribution >= 0.6 is 11.3 Å². The molecule has 13 nitrogen and oxygen atoms in total. The van der Waals surface area contributed by atoms with Crippen LogP contribution in [0.25, 0.3) is 0 Å². The lowest BCUT2D eigenvalue weighted by Crippen LogP contribution is -2.58. The highest BCUT2D eigenvalue weighted by Crippen LogP contribution is 2.30. The number of benzene rings is 2. The van der Waals surface area contributed by atoms with Gasteiger partial charge in [-0.15, -0.1) is 11.3 Å². The molecule has 2 aromatic carbocycles. The lowest BCUT2D eigenvalue weighted by molar-refractivity contribution is -0.125. The number of aliphatic hydroxyl groups is 1. The molecule has 3 amide bonds. The predicted octanol–water partition coefficient (Wildman–Crippen LogP) is 4.00. The largest absolute Gasteiger partial charge is 0.390 e. The van der Waals surface area contributed by atoms with Crippen LogP contribution < -0.4 is 16.4 Å². The number of sulfonamides is 1. The Balaban J connectivity index is 1.55. The fraction of sp³-hybridized carbons (Fsp3) is 0.514. The minimum Gasteiger partial charge on any atom is -0.390 e. The summed E-state index contributed by atoms with van der Waals surface area (Å²) in [6.45, 7) is 4.24. The average Bonchev–Trinajstić information content (AvgIpc) is 3.55. The smallest absolute Gasteiger partial charge is 0.318 e. The Morgan fingerprint density at radius 3 is 2.38 bits per heavy atom. The number of hydrogen-bond donors (Lipinski definition) is 4. The highest BCUT2D eigenvalue weighted by molar-refractivity contribution is 7.89. The summed E-state index contributed by atoms with van der Waals surface area (Å²) in [4.78, 5) is 43.9. The number of rotatable bonds is 19. The molecule has 1 fully saturated rings. The molecule has 4 rings (SSSR count). The lowest BCUT2D eigenvalue weighted by Gasteiger charge is -2.35. The number of thiazole rings is 1. The first-order valence-electron chi connectivity index (χ1n) is 17.0. The Hall–Kier alpha value is -3.76. The van der Waals surface area contributed by atoms with Gasteiger partial charge in [0.15, 0.2) is 0 Å². The van der Waals surface area contributed by atoms with Gasteiger partial charge in [-0.3, -0.25) is 4.79 Å². The molecule has 0 saturated heterocycles. The summed E-state index contributed by atoms with van der Waals surface area (Å²) in [6.07, 6.45) is 2.32. The van der Waals surface area contributed by atoms with Gasteiger partial charge < -0.3 is 26.4 Å². The zero-order valence-electron chi connectivity index (χ0n) is 28.9. The lowest BCUT2D eigenvalue weighted by atomic mass is 9.85. The molecular formula is C35H49N7O6S2. The first-order chi connectivity index (χ1) is 23.9. The van der Waals surface area contributed by atoms with Crippen LogP contribution in [0.3, 0.4) is 0 Å². The van der Waals surface area contributed by atoms with Crippen molar-refractivity contribution in [3.05, 3.63) is 86.7 Å². The Kier molecular flexibility index (Phi) is 14.4. The molecule has 3 aromatic rings. The van der Waals surface area contributed by atoms with E-state index in [0.29, 0.717) is 24.2 Å². The average molecular weight is 728 g/mol. The minimum absolute atomic E-state index is 0.0443. The van der Waals surface area contributed by atoms with Gasteiger partial charge in [0.1, 0.15) is 17.6 Å². The van der Waals surface area contributed by atoms with E-state index in [4.69, 9.17) is 5.73 Å². The van der Waals surface area contributed by atoms with Crippen molar-refractivity contribution in [2.75, 3.05) is 20.1 Å². The Bertz CT molecular complexity index is 1650. The second kappa shape index (κ2) is 18.5. The molecule has 1 saturated carbocycles. The molecule has 1 aromatic heterocycles. The zero-order chi connectivity index (χ0) is 36.3. The van der Waals surface area contributed by atoms with Crippen LogP contribution in [0.5, 0.6) is 0 Å². The van der Waals surface area contributed by atoms with Gasteiger partial charge in [0.2, 0.25) is 15.9 Å². The first kappa shape index (κ1) is 39.0. The molecule has 0 spiro atoms. The van der Waals surface area contributed by atoms with Gasteiger partial charge in [-0.05, 0) is 54.4 Å². The maximum Gasteiger partial charge on any atom is 0.318 e. The van der Waals surface area contributed by atoms with Gasteiger partial charge in [0, 0.05) is 32.1 Å². The van der Waals surface area contributed by atoms with Gasteiger partial charge in [0.05, 0.1) is 29.3 Å². The van der Waals surface area contributed by atoms with Gasteiger partial charge in [-0.25, -0.2) is 18.2 Å². The summed E-state index contributed by atoms with van der Waals surface area (Å²) in [5, 5.41) is 23.1. The summed E-state index contributed by atoms with van der Waals surface area (Å²) in [7, 11) is -2.42. The zero-order valence-corrected chi connectivity index (χ0v) is 30.5. The van der Waals surface area contributed by atoms with Crippen LogP contribution in [0.2, 0.25) is 0 Å². The van der Waals surface area contributed by atoms with E-state index in [2.05, 4.69) is 20.8 Å². The maximum absolute atomic E-state index is 14.0. The number of carbonyl (C=O) groups excluding carboxylic acids is 2. The van der Waals surface area contributed by atoms with Crippen molar-refractivity contribution in [2.45, 2.75) is 88.7 Å². The normalized spacial score (nSPS) is 15.8. The van der Waals surface area contributed by atoms with Crippen molar-refractivity contribution in [1.82, 2.24) is 24.8 Å². The minimum atomic E-state index is -4.04. The van der Waals surface area contributed by atoms with Crippen LogP contribution in [0.15, 0.2) is 70.0 Å². The number of nitroso groups, excluding NO2 is 1. The number of nitrogens with zero attached hydrogens (tertiary/aromatic N) is 4. The third kappa shape index (κ3) is 10.6. The van der Waals surface area contributed by atoms with Crippen molar-refractivity contribution < 1.29 is 23.1 Å². The molecule has 5 N–H and O–H groups in total. The fourth-order valence-corrected chi connectivity index (χ4v) is 7.96. The molecule has 0 radical (unpaired) electrons. The number of hydrogen-bond acceptors (Lipinski definition) is 10. The van der Waals surface area contributed by atoms with Crippen LogP contribution in [-0.4, -0.2) is 78.0 Å². The van der Waals surface area contributed by atoms with Crippen LogP contribution in [-0.2, 0) is 40.9 Å². The summed E-state index contributed by atoms with van der Waals surface area (Å²) in [5.41, 5.74) is 7.80. The number of aliphatic hydroxyl groups excluding tert-OH is 1. The molecule has 0 bridgehead atoms. The van der Waals surface area contributed by atoms with E-state index in [0.717, 1.165) is 29.8 Å². The van der Waals surface area contributed by atoms with Crippen molar-refractivity contribution >= 4 is 33.3 Å². The van der Waals surface area contributed by atoms with E-state index in [1.165, 1.54) is 32.7 Å². The van der Waals surface area contributed by atoms with Crippen molar-refractivity contribution in [1.29, 1.82) is 0 Å². The summed E-state index contributed by atoms with van der Waals surface area (Å²) in [5.74, 6) is -0.573. The number of urea groups is 1. The van der Waals surface area contributed by atoms with Crippen LogP contribution in [0.1, 0.15) is 61.4 Å². The van der Waals surface area contributed by atoms with Crippen molar-refractivity contribution in [2.24, 2.45) is 22.7 Å². The van der Waals surface area contributed by atoms with E-state index in [9.17, 15) is 28.0 Å². The number of amides is 3. The number of nitrogens with two attached hydrogens (primary N) is 1. The topological polar surface area (TPSA) is 187 Å². The quantitative estimate of drug-likeness (QED) is 0.133.